The van der Waals surface area contributed by atoms with Gasteiger partial charge < -0.3 is 10.3 Å². The minimum absolute atomic E-state index is 0.149. The molecule has 6 nitrogen and oxygen atoms in total. The Labute approximate surface area is 82.1 Å². The summed E-state index contributed by atoms with van der Waals surface area (Å²) in [5.41, 5.74) is 2.65. The first-order valence-electron chi connectivity index (χ1n) is 4.24. The van der Waals surface area contributed by atoms with Crippen molar-refractivity contribution in [1.82, 2.24) is 15.1 Å². The van der Waals surface area contributed by atoms with Crippen molar-refractivity contribution in [3.63, 3.8) is 0 Å². The first kappa shape index (κ1) is 10.4. The second kappa shape index (κ2) is 4.52. The molecule has 6 heteroatoms. The van der Waals surface area contributed by atoms with Crippen LogP contribution in [0.5, 0.6) is 0 Å². The zero-order valence-electron chi connectivity index (χ0n) is 8.19. The van der Waals surface area contributed by atoms with Crippen LogP contribution in [-0.4, -0.2) is 34.6 Å². The van der Waals surface area contributed by atoms with E-state index < -0.39 is 0 Å². The van der Waals surface area contributed by atoms with E-state index in [4.69, 9.17) is 5.84 Å². The second-order valence-corrected chi connectivity index (χ2v) is 2.77. The van der Waals surface area contributed by atoms with Crippen molar-refractivity contribution in [3.05, 3.63) is 17.8 Å². The first-order chi connectivity index (χ1) is 6.69. The van der Waals surface area contributed by atoms with E-state index in [0.29, 0.717) is 18.1 Å². The minimum Gasteiger partial charge on any atom is -0.341 e. The summed E-state index contributed by atoms with van der Waals surface area (Å²) >= 11 is 0. The molecule has 0 bridgehead atoms. The van der Waals surface area contributed by atoms with Crippen molar-refractivity contribution in [2.75, 3.05) is 19.0 Å². The molecule has 0 unspecified atom stereocenters. The highest BCUT2D eigenvalue weighted by Gasteiger charge is 2.11. The molecule has 0 radical (unpaired) electrons. The number of hydrazine groups is 1. The topological polar surface area (TPSA) is 84.1 Å². The van der Waals surface area contributed by atoms with E-state index in [9.17, 15) is 4.79 Å². The van der Waals surface area contributed by atoms with Crippen molar-refractivity contribution in [2.45, 2.75) is 6.92 Å². The van der Waals surface area contributed by atoms with Crippen LogP contribution in [0.15, 0.2) is 12.1 Å². The van der Waals surface area contributed by atoms with Crippen molar-refractivity contribution < 1.29 is 4.79 Å². The number of amides is 1. The number of hydrogen-bond acceptors (Lipinski definition) is 5. The molecule has 1 aromatic heterocycles. The number of hydrogen-bond donors (Lipinski definition) is 2. The lowest BCUT2D eigenvalue weighted by atomic mass is 10.3. The molecule has 76 valence electrons. The molecule has 1 heterocycles. The number of carbonyl (C=O) groups excluding carboxylic acids is 1. The summed E-state index contributed by atoms with van der Waals surface area (Å²) in [4.78, 5) is 13.1. The number of nitrogens with two attached hydrogens (primary N) is 1. The number of carbonyl (C=O) groups is 1. The van der Waals surface area contributed by atoms with Gasteiger partial charge in [0.1, 0.15) is 0 Å². The van der Waals surface area contributed by atoms with Crippen LogP contribution in [0, 0.1) is 0 Å². The van der Waals surface area contributed by atoms with Gasteiger partial charge in [-0.05, 0) is 19.1 Å². The molecule has 0 saturated heterocycles. The zero-order chi connectivity index (χ0) is 10.6. The highest BCUT2D eigenvalue weighted by Crippen LogP contribution is 2.02. The standard InChI is InChI=1S/C8H13N5O/c1-3-13(2)8(14)6-4-5-7(10-9)12-11-6/h4-5H,3,9H2,1-2H3,(H,10,12). The lowest BCUT2D eigenvalue weighted by Gasteiger charge is -2.12. The molecule has 0 saturated carbocycles. The fraction of sp³-hybridized carbons (Fsp3) is 0.375. The van der Waals surface area contributed by atoms with Gasteiger partial charge in [-0.2, -0.15) is 0 Å². The third-order valence-electron chi connectivity index (χ3n) is 1.85. The fourth-order valence-corrected chi connectivity index (χ4v) is 0.862. The predicted octanol–water partition coefficient (Wildman–Crippen LogP) is -0.146. The second-order valence-electron chi connectivity index (χ2n) is 2.77. The molecule has 0 aliphatic heterocycles. The van der Waals surface area contributed by atoms with Crippen molar-refractivity contribution in [3.8, 4) is 0 Å². The molecule has 1 amide bonds. The fourth-order valence-electron chi connectivity index (χ4n) is 0.862. The summed E-state index contributed by atoms with van der Waals surface area (Å²) in [7, 11) is 1.71. The van der Waals surface area contributed by atoms with Crippen LogP contribution < -0.4 is 11.3 Å². The summed E-state index contributed by atoms with van der Waals surface area (Å²) in [6.45, 7) is 2.53. The van der Waals surface area contributed by atoms with Crippen LogP contribution in [0.25, 0.3) is 0 Å². The largest absolute Gasteiger partial charge is 0.341 e. The Balaban J connectivity index is 2.81. The van der Waals surface area contributed by atoms with E-state index >= 15 is 0 Å². The van der Waals surface area contributed by atoms with Gasteiger partial charge in [0.05, 0.1) is 0 Å². The van der Waals surface area contributed by atoms with Crippen LogP contribution in [0.3, 0.4) is 0 Å². The van der Waals surface area contributed by atoms with Gasteiger partial charge >= 0.3 is 0 Å². The Kier molecular flexibility index (Phi) is 3.35. The Bertz CT molecular complexity index is 310. The molecule has 0 aromatic carbocycles. The van der Waals surface area contributed by atoms with Crippen LogP contribution >= 0.6 is 0 Å². The quantitative estimate of drug-likeness (QED) is 0.517. The van der Waals surface area contributed by atoms with Crippen LogP contribution in [0.2, 0.25) is 0 Å². The maximum absolute atomic E-state index is 11.5. The average Bonchev–Trinajstić information content (AvgIpc) is 2.27. The van der Waals surface area contributed by atoms with E-state index in [1.54, 1.807) is 24.1 Å². The van der Waals surface area contributed by atoms with Crippen molar-refractivity contribution in [1.29, 1.82) is 0 Å². The van der Waals surface area contributed by atoms with E-state index in [2.05, 4.69) is 15.6 Å². The molecule has 3 N–H and O–H groups in total. The van der Waals surface area contributed by atoms with Crippen LogP contribution in [0.4, 0.5) is 5.82 Å². The lowest BCUT2D eigenvalue weighted by Crippen LogP contribution is -2.27. The van der Waals surface area contributed by atoms with Gasteiger partial charge in [-0.3, -0.25) is 4.79 Å². The molecule has 1 rings (SSSR count). The van der Waals surface area contributed by atoms with E-state index in [0.717, 1.165) is 0 Å². The first-order valence-corrected chi connectivity index (χ1v) is 4.24. The van der Waals surface area contributed by atoms with Crippen LogP contribution in [0.1, 0.15) is 17.4 Å². The minimum atomic E-state index is -0.149. The number of nitrogens with one attached hydrogen (secondary N) is 1. The molecule has 1 aromatic rings. The van der Waals surface area contributed by atoms with E-state index in [-0.39, 0.29) is 5.91 Å². The van der Waals surface area contributed by atoms with Gasteiger partial charge in [0.25, 0.3) is 5.91 Å². The monoisotopic (exact) mass is 195 g/mol. The van der Waals surface area contributed by atoms with Crippen molar-refractivity contribution >= 4 is 11.7 Å². The maximum atomic E-state index is 11.5. The zero-order valence-corrected chi connectivity index (χ0v) is 8.19. The molecule has 0 aliphatic carbocycles. The van der Waals surface area contributed by atoms with Crippen molar-refractivity contribution in [2.24, 2.45) is 5.84 Å². The number of rotatable bonds is 3. The Hall–Kier alpha value is -1.69. The molecule has 0 fully saturated rings. The van der Waals surface area contributed by atoms with Crippen LogP contribution in [-0.2, 0) is 0 Å². The van der Waals surface area contributed by atoms with Gasteiger partial charge in [0.15, 0.2) is 11.5 Å². The highest BCUT2D eigenvalue weighted by atomic mass is 16.2. The van der Waals surface area contributed by atoms with Gasteiger partial charge in [-0.15, -0.1) is 10.2 Å². The maximum Gasteiger partial charge on any atom is 0.274 e. The third kappa shape index (κ3) is 2.17. The summed E-state index contributed by atoms with van der Waals surface area (Å²) in [5, 5.41) is 7.44. The Morgan fingerprint density at radius 1 is 1.57 bits per heavy atom. The highest BCUT2D eigenvalue weighted by molar-refractivity contribution is 5.92. The summed E-state index contributed by atoms with van der Waals surface area (Å²) in [5.74, 6) is 5.40. The average molecular weight is 195 g/mol. The summed E-state index contributed by atoms with van der Waals surface area (Å²) in [6, 6.07) is 3.18. The van der Waals surface area contributed by atoms with Gasteiger partial charge in [-0.25, -0.2) is 5.84 Å². The van der Waals surface area contributed by atoms with Gasteiger partial charge in [0.2, 0.25) is 0 Å². The summed E-state index contributed by atoms with van der Waals surface area (Å²) < 4.78 is 0. The molecule has 14 heavy (non-hydrogen) atoms. The molecule has 0 spiro atoms. The molecule has 0 atom stereocenters. The lowest BCUT2D eigenvalue weighted by molar-refractivity contribution is 0.0795. The molecular weight excluding hydrogens is 182 g/mol. The number of aromatic nitrogens is 2. The smallest absolute Gasteiger partial charge is 0.274 e. The van der Waals surface area contributed by atoms with Gasteiger partial charge in [0, 0.05) is 13.6 Å². The molecular formula is C8H13N5O. The SMILES string of the molecule is CCN(C)C(=O)c1ccc(NN)nn1. The van der Waals surface area contributed by atoms with Gasteiger partial charge in [-0.1, -0.05) is 0 Å². The number of anilines is 1. The Morgan fingerprint density at radius 3 is 2.71 bits per heavy atom. The Morgan fingerprint density at radius 2 is 2.29 bits per heavy atom. The summed E-state index contributed by atoms with van der Waals surface area (Å²) in [6.07, 6.45) is 0. The number of nitrogen functional groups attached to an aromatic ring is 1. The van der Waals surface area contributed by atoms with E-state index in [1.165, 1.54) is 0 Å². The number of nitrogens with zero attached hydrogens (tertiary/aromatic N) is 3. The third-order valence-corrected chi connectivity index (χ3v) is 1.85. The van der Waals surface area contributed by atoms with E-state index in [1.807, 2.05) is 6.92 Å². The normalized spacial score (nSPS) is 9.64. The molecule has 0 aliphatic rings. The predicted molar refractivity (Wildman–Crippen MR) is 52.5 cm³/mol.